The lowest BCUT2D eigenvalue weighted by atomic mass is 10.1. The van der Waals surface area contributed by atoms with Gasteiger partial charge in [-0.25, -0.2) is 0 Å². The minimum atomic E-state index is 0.615. The topological polar surface area (TPSA) is 45.0 Å². The first-order valence-electron chi connectivity index (χ1n) is 6.05. The molecule has 0 aliphatic carbocycles. The summed E-state index contributed by atoms with van der Waals surface area (Å²) >= 11 is 0. The van der Waals surface area contributed by atoms with E-state index < -0.39 is 0 Å². The van der Waals surface area contributed by atoms with Crippen molar-refractivity contribution >= 4 is 0 Å². The van der Waals surface area contributed by atoms with Crippen LogP contribution in [0.5, 0.6) is 5.75 Å². The normalized spacial score (nSPS) is 19.0. The van der Waals surface area contributed by atoms with E-state index in [-0.39, 0.29) is 0 Å². The molecule has 1 aromatic carbocycles. The Morgan fingerprint density at radius 2 is 2.12 bits per heavy atom. The summed E-state index contributed by atoms with van der Waals surface area (Å²) < 4.78 is 5.90. The number of hydrogen-bond acceptors (Lipinski definition) is 3. The van der Waals surface area contributed by atoms with E-state index in [1.54, 1.807) is 0 Å². The summed E-state index contributed by atoms with van der Waals surface area (Å²) in [5.41, 5.74) is 2.80. The fourth-order valence-electron chi connectivity index (χ4n) is 2.30. The molecule has 0 bridgehead atoms. The largest absolute Gasteiger partial charge is 0.493 e. The van der Waals surface area contributed by atoms with E-state index in [0.29, 0.717) is 11.5 Å². The lowest BCUT2D eigenvalue weighted by Gasteiger charge is -2.15. The summed E-state index contributed by atoms with van der Waals surface area (Å²) in [7, 11) is 0. The number of ether oxygens (including phenoxy) is 1. The zero-order valence-electron chi connectivity index (χ0n) is 10.4. The quantitative estimate of drug-likeness (QED) is 0.865. The third kappa shape index (κ3) is 2.78. The average molecular weight is 230 g/mol. The Kier molecular flexibility index (Phi) is 3.65. The van der Waals surface area contributed by atoms with Crippen LogP contribution in [-0.4, -0.2) is 19.7 Å². The number of rotatable bonds is 3. The van der Waals surface area contributed by atoms with E-state index in [1.807, 2.05) is 26.0 Å². The van der Waals surface area contributed by atoms with Crippen LogP contribution in [0.4, 0.5) is 0 Å². The molecule has 0 aromatic heterocycles. The van der Waals surface area contributed by atoms with Gasteiger partial charge in [0.15, 0.2) is 0 Å². The SMILES string of the molecule is Cc1cc(C#N)cc(C)c1OCC1CCNC1. The minimum absolute atomic E-state index is 0.615. The van der Waals surface area contributed by atoms with Crippen LogP contribution in [0.1, 0.15) is 23.1 Å². The molecule has 3 heteroatoms. The van der Waals surface area contributed by atoms with E-state index >= 15 is 0 Å². The first-order chi connectivity index (χ1) is 8.20. The van der Waals surface area contributed by atoms with Gasteiger partial charge in [0.2, 0.25) is 0 Å². The minimum Gasteiger partial charge on any atom is -0.493 e. The van der Waals surface area contributed by atoms with Gasteiger partial charge in [0.05, 0.1) is 18.2 Å². The van der Waals surface area contributed by atoms with Crippen molar-refractivity contribution in [2.45, 2.75) is 20.3 Å². The smallest absolute Gasteiger partial charge is 0.125 e. The lowest BCUT2D eigenvalue weighted by Crippen LogP contribution is -2.16. The van der Waals surface area contributed by atoms with Crippen molar-refractivity contribution in [3.05, 3.63) is 28.8 Å². The standard InChI is InChI=1S/C14H18N2O/c1-10-5-13(7-15)6-11(2)14(10)17-9-12-3-4-16-8-12/h5-6,12,16H,3-4,8-9H2,1-2H3. The van der Waals surface area contributed by atoms with Gasteiger partial charge in [-0.1, -0.05) is 0 Å². The molecule has 1 heterocycles. The van der Waals surface area contributed by atoms with Gasteiger partial charge in [0, 0.05) is 12.5 Å². The highest BCUT2D eigenvalue weighted by Crippen LogP contribution is 2.25. The number of nitrogens with one attached hydrogen (secondary N) is 1. The number of nitriles is 1. The Hall–Kier alpha value is -1.53. The third-order valence-electron chi connectivity index (χ3n) is 3.22. The monoisotopic (exact) mass is 230 g/mol. The van der Waals surface area contributed by atoms with E-state index in [1.165, 1.54) is 6.42 Å². The van der Waals surface area contributed by atoms with Crippen LogP contribution in [0, 0.1) is 31.1 Å². The molecule has 90 valence electrons. The number of hydrogen-bond donors (Lipinski definition) is 1. The van der Waals surface area contributed by atoms with Crippen LogP contribution >= 0.6 is 0 Å². The maximum atomic E-state index is 8.88. The first kappa shape index (κ1) is 11.9. The molecule has 1 unspecified atom stereocenters. The number of nitrogens with zero attached hydrogens (tertiary/aromatic N) is 1. The maximum Gasteiger partial charge on any atom is 0.125 e. The van der Waals surface area contributed by atoms with E-state index in [2.05, 4.69) is 11.4 Å². The van der Waals surface area contributed by atoms with Crippen LogP contribution in [0.25, 0.3) is 0 Å². The van der Waals surface area contributed by atoms with E-state index in [9.17, 15) is 0 Å². The molecule has 1 N–H and O–H groups in total. The molecule has 17 heavy (non-hydrogen) atoms. The van der Waals surface area contributed by atoms with E-state index in [4.69, 9.17) is 10.00 Å². The Morgan fingerprint density at radius 1 is 1.41 bits per heavy atom. The lowest BCUT2D eigenvalue weighted by molar-refractivity contribution is 0.257. The van der Waals surface area contributed by atoms with Gasteiger partial charge < -0.3 is 10.1 Å². The Morgan fingerprint density at radius 3 is 2.65 bits per heavy atom. The summed E-state index contributed by atoms with van der Waals surface area (Å²) in [6.45, 7) is 6.90. The molecular formula is C14H18N2O. The molecule has 0 spiro atoms. The van der Waals surface area contributed by atoms with Crippen LogP contribution in [-0.2, 0) is 0 Å². The van der Waals surface area contributed by atoms with Gasteiger partial charge in [-0.15, -0.1) is 0 Å². The molecule has 0 radical (unpaired) electrons. The molecule has 1 saturated heterocycles. The van der Waals surface area contributed by atoms with Crippen molar-refractivity contribution in [2.75, 3.05) is 19.7 Å². The van der Waals surface area contributed by atoms with Gasteiger partial charge in [0.1, 0.15) is 5.75 Å². The summed E-state index contributed by atoms with van der Waals surface area (Å²) in [5.74, 6) is 1.56. The Labute approximate surface area is 102 Å². The molecule has 1 fully saturated rings. The highest BCUT2D eigenvalue weighted by atomic mass is 16.5. The maximum absolute atomic E-state index is 8.88. The van der Waals surface area contributed by atoms with Crippen LogP contribution in [0.15, 0.2) is 12.1 Å². The van der Waals surface area contributed by atoms with Crippen LogP contribution in [0.2, 0.25) is 0 Å². The zero-order chi connectivity index (χ0) is 12.3. The summed E-state index contributed by atoms with van der Waals surface area (Å²) in [6, 6.07) is 5.94. The zero-order valence-corrected chi connectivity index (χ0v) is 10.4. The fraction of sp³-hybridized carbons (Fsp3) is 0.500. The van der Waals surface area contributed by atoms with Crippen molar-refractivity contribution in [2.24, 2.45) is 5.92 Å². The van der Waals surface area contributed by atoms with E-state index in [0.717, 1.165) is 36.6 Å². The van der Waals surface area contributed by atoms with Gasteiger partial charge in [-0.2, -0.15) is 5.26 Å². The highest BCUT2D eigenvalue weighted by Gasteiger charge is 2.16. The Balaban J connectivity index is 2.07. The predicted octanol–water partition coefficient (Wildman–Crippen LogP) is 2.16. The van der Waals surface area contributed by atoms with Crippen molar-refractivity contribution in [3.63, 3.8) is 0 Å². The molecule has 3 nitrogen and oxygen atoms in total. The van der Waals surface area contributed by atoms with Gasteiger partial charge in [-0.05, 0) is 50.1 Å². The molecule has 1 aliphatic rings. The van der Waals surface area contributed by atoms with Crippen molar-refractivity contribution < 1.29 is 4.74 Å². The second kappa shape index (κ2) is 5.20. The third-order valence-corrected chi connectivity index (χ3v) is 3.22. The van der Waals surface area contributed by atoms with Crippen LogP contribution < -0.4 is 10.1 Å². The first-order valence-corrected chi connectivity index (χ1v) is 6.05. The fourth-order valence-corrected chi connectivity index (χ4v) is 2.30. The number of aryl methyl sites for hydroxylation is 2. The second-order valence-electron chi connectivity index (χ2n) is 4.72. The number of benzene rings is 1. The molecule has 1 atom stereocenters. The Bertz CT molecular complexity index is 419. The molecule has 1 aromatic rings. The van der Waals surface area contributed by atoms with Crippen molar-refractivity contribution in [1.29, 1.82) is 5.26 Å². The van der Waals surface area contributed by atoms with Crippen molar-refractivity contribution in [1.82, 2.24) is 5.32 Å². The molecule has 2 rings (SSSR count). The van der Waals surface area contributed by atoms with Crippen molar-refractivity contribution in [3.8, 4) is 11.8 Å². The van der Waals surface area contributed by atoms with Gasteiger partial charge in [0.25, 0.3) is 0 Å². The van der Waals surface area contributed by atoms with Gasteiger partial charge in [-0.3, -0.25) is 0 Å². The van der Waals surface area contributed by atoms with Crippen LogP contribution in [0.3, 0.4) is 0 Å². The summed E-state index contributed by atoms with van der Waals surface area (Å²) in [6.07, 6.45) is 1.19. The summed E-state index contributed by atoms with van der Waals surface area (Å²) in [4.78, 5) is 0. The molecule has 0 saturated carbocycles. The second-order valence-corrected chi connectivity index (χ2v) is 4.72. The molecule has 0 amide bonds. The summed E-state index contributed by atoms with van der Waals surface area (Å²) in [5, 5.41) is 12.2. The van der Waals surface area contributed by atoms with Gasteiger partial charge >= 0.3 is 0 Å². The molecular weight excluding hydrogens is 212 g/mol. The highest BCUT2D eigenvalue weighted by molar-refractivity contribution is 5.47. The predicted molar refractivity (Wildman–Crippen MR) is 67.1 cm³/mol. The molecule has 1 aliphatic heterocycles. The average Bonchev–Trinajstić information content (AvgIpc) is 2.80.